The van der Waals surface area contributed by atoms with Crippen molar-refractivity contribution in [2.24, 2.45) is 0 Å². The molecular formula is C12H25N3O3S. The van der Waals surface area contributed by atoms with Crippen LogP contribution in [0.2, 0.25) is 0 Å². The minimum atomic E-state index is -3.07. The molecule has 0 aromatic heterocycles. The smallest absolute Gasteiger partial charge is 0.211 e. The summed E-state index contributed by atoms with van der Waals surface area (Å²) in [6.07, 6.45) is 3.12. The fraction of sp³-hybridized carbons (Fsp3) is 1.00. The van der Waals surface area contributed by atoms with E-state index in [0.29, 0.717) is 39.3 Å². The highest BCUT2D eigenvalue weighted by Gasteiger charge is 2.35. The van der Waals surface area contributed by atoms with E-state index in [0.717, 1.165) is 19.4 Å². The molecule has 2 aliphatic rings. The maximum atomic E-state index is 11.4. The lowest BCUT2D eigenvalue weighted by Gasteiger charge is -2.42. The minimum absolute atomic E-state index is 0.532. The summed E-state index contributed by atoms with van der Waals surface area (Å²) in [6, 6.07) is 0. The average Bonchev–Trinajstić information content (AvgIpc) is 2.27. The molecule has 0 aromatic carbocycles. The number of hydrogen-bond acceptors (Lipinski definition) is 5. The molecule has 2 heterocycles. The highest BCUT2D eigenvalue weighted by Crippen LogP contribution is 2.22. The first kappa shape index (κ1) is 15.2. The fourth-order valence-corrected chi connectivity index (χ4v) is 3.93. The van der Waals surface area contributed by atoms with Gasteiger partial charge < -0.3 is 10.0 Å². The monoisotopic (exact) mass is 291 g/mol. The summed E-state index contributed by atoms with van der Waals surface area (Å²) >= 11 is 0. The van der Waals surface area contributed by atoms with Gasteiger partial charge in [-0.1, -0.05) is 0 Å². The van der Waals surface area contributed by atoms with E-state index < -0.39 is 15.6 Å². The van der Waals surface area contributed by atoms with Crippen LogP contribution in [0.5, 0.6) is 0 Å². The van der Waals surface area contributed by atoms with E-state index in [1.54, 1.807) is 0 Å². The first-order valence-electron chi connectivity index (χ1n) is 6.87. The van der Waals surface area contributed by atoms with Gasteiger partial charge in [-0.15, -0.1) is 0 Å². The van der Waals surface area contributed by atoms with Gasteiger partial charge in [-0.2, -0.15) is 4.31 Å². The molecule has 0 amide bonds. The maximum Gasteiger partial charge on any atom is 0.211 e. The zero-order chi connectivity index (χ0) is 14.1. The number of β-amino-alcohol motifs (C(OH)–C–C–N with tert-alkyl or cyclic N) is 1. The molecule has 2 saturated heterocycles. The van der Waals surface area contributed by atoms with Crippen LogP contribution in [0.25, 0.3) is 0 Å². The van der Waals surface area contributed by atoms with Crippen molar-refractivity contribution in [1.29, 1.82) is 0 Å². The Balaban J connectivity index is 1.85. The van der Waals surface area contributed by atoms with Crippen LogP contribution in [0.1, 0.15) is 12.8 Å². The van der Waals surface area contributed by atoms with E-state index in [1.165, 1.54) is 10.6 Å². The Morgan fingerprint density at radius 3 is 2.32 bits per heavy atom. The second-order valence-electron chi connectivity index (χ2n) is 6.00. The highest BCUT2D eigenvalue weighted by atomic mass is 32.2. The van der Waals surface area contributed by atoms with Crippen LogP contribution in [-0.4, -0.2) is 92.3 Å². The zero-order valence-electron chi connectivity index (χ0n) is 11.9. The molecule has 6 nitrogen and oxygen atoms in total. The van der Waals surface area contributed by atoms with Crippen LogP contribution in [-0.2, 0) is 10.0 Å². The first-order valence-corrected chi connectivity index (χ1v) is 8.72. The van der Waals surface area contributed by atoms with Crippen LogP contribution in [0, 0.1) is 0 Å². The van der Waals surface area contributed by atoms with Gasteiger partial charge in [-0.25, -0.2) is 8.42 Å². The SMILES string of the molecule is CN1CCCC(O)(CN2CCN(S(C)(=O)=O)CC2)C1. The van der Waals surface area contributed by atoms with E-state index in [9.17, 15) is 13.5 Å². The Kier molecular flexibility index (Phi) is 4.52. The van der Waals surface area contributed by atoms with Gasteiger partial charge in [0.1, 0.15) is 0 Å². The number of aliphatic hydroxyl groups is 1. The third-order valence-corrected chi connectivity index (χ3v) is 5.37. The van der Waals surface area contributed by atoms with E-state index in [1.807, 2.05) is 7.05 Å². The summed E-state index contributed by atoms with van der Waals surface area (Å²) in [4.78, 5) is 4.34. The van der Waals surface area contributed by atoms with Gasteiger partial charge in [-0.05, 0) is 26.4 Å². The Hall–Kier alpha value is -0.210. The van der Waals surface area contributed by atoms with Crippen molar-refractivity contribution in [3.05, 3.63) is 0 Å². The molecule has 19 heavy (non-hydrogen) atoms. The number of piperazine rings is 1. The number of rotatable bonds is 3. The Morgan fingerprint density at radius 2 is 1.79 bits per heavy atom. The topological polar surface area (TPSA) is 64.1 Å². The third kappa shape index (κ3) is 4.13. The quantitative estimate of drug-likeness (QED) is 0.724. The lowest BCUT2D eigenvalue weighted by Crippen LogP contribution is -2.57. The second kappa shape index (κ2) is 5.65. The second-order valence-corrected chi connectivity index (χ2v) is 7.99. The molecule has 0 saturated carbocycles. The molecule has 1 atom stereocenters. The van der Waals surface area contributed by atoms with Gasteiger partial charge in [0.2, 0.25) is 10.0 Å². The molecule has 0 radical (unpaired) electrons. The van der Waals surface area contributed by atoms with Crippen LogP contribution in [0.4, 0.5) is 0 Å². The normalized spacial score (nSPS) is 32.6. The summed E-state index contributed by atoms with van der Waals surface area (Å²) in [6.45, 7) is 4.88. The number of nitrogens with zero attached hydrogens (tertiary/aromatic N) is 3. The Bertz CT molecular complexity index is 406. The lowest BCUT2D eigenvalue weighted by molar-refractivity contribution is -0.0511. The number of hydrogen-bond donors (Lipinski definition) is 1. The molecular weight excluding hydrogens is 266 g/mol. The van der Waals surface area contributed by atoms with E-state index in [2.05, 4.69) is 9.80 Å². The molecule has 2 aliphatic heterocycles. The van der Waals surface area contributed by atoms with Gasteiger partial charge in [0.15, 0.2) is 0 Å². The third-order valence-electron chi connectivity index (χ3n) is 4.06. The predicted octanol–water partition coefficient (Wildman–Crippen LogP) is -0.980. The zero-order valence-corrected chi connectivity index (χ0v) is 12.7. The largest absolute Gasteiger partial charge is 0.387 e. The minimum Gasteiger partial charge on any atom is -0.387 e. The van der Waals surface area contributed by atoms with Crippen molar-refractivity contribution in [3.63, 3.8) is 0 Å². The van der Waals surface area contributed by atoms with E-state index in [4.69, 9.17) is 0 Å². The first-order chi connectivity index (χ1) is 8.78. The number of sulfonamides is 1. The average molecular weight is 291 g/mol. The van der Waals surface area contributed by atoms with Gasteiger partial charge in [0.05, 0.1) is 11.9 Å². The van der Waals surface area contributed by atoms with Crippen molar-refractivity contribution in [2.45, 2.75) is 18.4 Å². The number of likely N-dealkylation sites (N-methyl/N-ethyl adjacent to an activating group) is 1. The lowest BCUT2D eigenvalue weighted by atomic mass is 9.92. The van der Waals surface area contributed by atoms with Crippen molar-refractivity contribution in [2.75, 3.05) is 59.1 Å². The van der Waals surface area contributed by atoms with Gasteiger partial charge >= 0.3 is 0 Å². The van der Waals surface area contributed by atoms with Crippen LogP contribution in [0.3, 0.4) is 0 Å². The molecule has 2 rings (SSSR count). The summed E-state index contributed by atoms with van der Waals surface area (Å²) < 4.78 is 24.4. The standard InChI is InChI=1S/C12H25N3O3S/c1-13-5-3-4-12(16,10-13)11-14-6-8-15(9-7-14)19(2,17)18/h16H,3-11H2,1-2H3. The van der Waals surface area contributed by atoms with E-state index >= 15 is 0 Å². The molecule has 0 spiro atoms. The van der Waals surface area contributed by atoms with Crippen molar-refractivity contribution >= 4 is 10.0 Å². The summed E-state index contributed by atoms with van der Waals surface area (Å²) in [5, 5.41) is 10.6. The van der Waals surface area contributed by atoms with Crippen LogP contribution in [0.15, 0.2) is 0 Å². The molecule has 1 unspecified atom stereocenters. The predicted molar refractivity (Wildman–Crippen MR) is 74.5 cm³/mol. The highest BCUT2D eigenvalue weighted by molar-refractivity contribution is 7.88. The molecule has 0 aromatic rings. The fourth-order valence-electron chi connectivity index (χ4n) is 3.10. The van der Waals surface area contributed by atoms with Crippen molar-refractivity contribution in [1.82, 2.24) is 14.1 Å². The van der Waals surface area contributed by atoms with Crippen LogP contribution >= 0.6 is 0 Å². The van der Waals surface area contributed by atoms with Crippen molar-refractivity contribution in [3.8, 4) is 0 Å². The molecule has 0 bridgehead atoms. The van der Waals surface area contributed by atoms with Crippen LogP contribution < -0.4 is 0 Å². The number of likely N-dealkylation sites (tertiary alicyclic amines) is 1. The maximum absolute atomic E-state index is 11.4. The summed E-state index contributed by atoms with van der Waals surface area (Å²) in [5.74, 6) is 0. The summed E-state index contributed by atoms with van der Waals surface area (Å²) in [7, 11) is -1.04. The molecule has 7 heteroatoms. The van der Waals surface area contributed by atoms with E-state index in [-0.39, 0.29) is 0 Å². The Morgan fingerprint density at radius 1 is 1.16 bits per heavy atom. The van der Waals surface area contributed by atoms with Crippen molar-refractivity contribution < 1.29 is 13.5 Å². The van der Waals surface area contributed by atoms with Gasteiger partial charge in [-0.3, -0.25) is 4.90 Å². The molecule has 2 fully saturated rings. The Labute approximate surface area is 116 Å². The molecule has 0 aliphatic carbocycles. The molecule has 1 N–H and O–H groups in total. The summed E-state index contributed by atoms with van der Waals surface area (Å²) in [5.41, 5.74) is -0.639. The molecule has 112 valence electrons. The van der Waals surface area contributed by atoms with Gasteiger partial charge in [0.25, 0.3) is 0 Å². The van der Waals surface area contributed by atoms with Gasteiger partial charge in [0, 0.05) is 39.3 Å². The number of piperidine rings is 1.